The van der Waals surface area contributed by atoms with Crippen molar-refractivity contribution in [2.75, 3.05) is 11.1 Å². The third-order valence-electron chi connectivity index (χ3n) is 3.72. The second-order valence-electron chi connectivity index (χ2n) is 5.08. The Hall–Kier alpha value is -1.67. The van der Waals surface area contributed by atoms with Gasteiger partial charge in [-0.25, -0.2) is 0 Å². The third kappa shape index (κ3) is 2.69. The predicted octanol–water partition coefficient (Wildman–Crippen LogP) is 3.89. The van der Waals surface area contributed by atoms with Gasteiger partial charge in [-0.2, -0.15) is 0 Å². The summed E-state index contributed by atoms with van der Waals surface area (Å²) in [5.41, 5.74) is 10.6. The molecule has 3 heteroatoms. The van der Waals surface area contributed by atoms with Crippen molar-refractivity contribution in [3.63, 3.8) is 0 Å². The number of rotatable bonds is 2. The Balaban J connectivity index is 1.77. The fourth-order valence-electron chi connectivity index (χ4n) is 2.69. The van der Waals surface area contributed by atoms with Gasteiger partial charge in [0.2, 0.25) is 0 Å². The van der Waals surface area contributed by atoms with Crippen LogP contribution in [0, 0.1) is 0 Å². The maximum absolute atomic E-state index is 6.02. The Kier molecular flexibility index (Phi) is 3.34. The average molecular weight is 273 g/mol. The van der Waals surface area contributed by atoms with Gasteiger partial charge < -0.3 is 11.1 Å². The molecule has 0 radical (unpaired) electrons. The van der Waals surface area contributed by atoms with Crippen molar-refractivity contribution in [2.45, 2.75) is 25.3 Å². The standard InChI is InChI=1S/C16H17ClN2/c17-13-6-8-15(18)16(10-13)19-14-7-5-11-3-1-2-4-12(11)9-14/h1-4,6,8,10,14,19H,5,7,9,18H2. The highest BCUT2D eigenvalue weighted by Crippen LogP contribution is 2.28. The summed E-state index contributed by atoms with van der Waals surface area (Å²) >= 11 is 6.02. The summed E-state index contributed by atoms with van der Waals surface area (Å²) in [4.78, 5) is 0. The molecule has 0 spiro atoms. The number of benzene rings is 2. The van der Waals surface area contributed by atoms with Gasteiger partial charge in [-0.15, -0.1) is 0 Å². The van der Waals surface area contributed by atoms with Gasteiger partial charge in [0, 0.05) is 11.1 Å². The topological polar surface area (TPSA) is 38.0 Å². The van der Waals surface area contributed by atoms with E-state index in [4.69, 9.17) is 17.3 Å². The highest BCUT2D eigenvalue weighted by molar-refractivity contribution is 6.31. The molecule has 0 aromatic heterocycles. The second kappa shape index (κ2) is 5.14. The van der Waals surface area contributed by atoms with Crippen molar-refractivity contribution < 1.29 is 0 Å². The Morgan fingerprint density at radius 3 is 2.74 bits per heavy atom. The number of anilines is 2. The fourth-order valence-corrected chi connectivity index (χ4v) is 2.87. The van der Waals surface area contributed by atoms with E-state index in [1.54, 1.807) is 0 Å². The van der Waals surface area contributed by atoms with E-state index in [0.29, 0.717) is 11.1 Å². The minimum atomic E-state index is 0.427. The summed E-state index contributed by atoms with van der Waals surface area (Å²) in [5.74, 6) is 0. The molecule has 0 fully saturated rings. The maximum Gasteiger partial charge on any atom is 0.0591 e. The number of hydrogen-bond acceptors (Lipinski definition) is 2. The first-order chi connectivity index (χ1) is 9.22. The highest BCUT2D eigenvalue weighted by atomic mass is 35.5. The molecule has 1 unspecified atom stereocenters. The SMILES string of the molecule is Nc1ccc(Cl)cc1NC1CCc2ccccc2C1. The Bertz CT molecular complexity index is 595. The van der Waals surface area contributed by atoms with Crippen LogP contribution in [0.2, 0.25) is 5.02 Å². The van der Waals surface area contributed by atoms with Crippen LogP contribution in [0.25, 0.3) is 0 Å². The molecule has 0 saturated heterocycles. The van der Waals surface area contributed by atoms with E-state index in [-0.39, 0.29) is 0 Å². The van der Waals surface area contributed by atoms with Crippen LogP contribution in [-0.2, 0) is 12.8 Å². The minimum Gasteiger partial charge on any atom is -0.397 e. The summed E-state index contributed by atoms with van der Waals surface area (Å²) < 4.78 is 0. The van der Waals surface area contributed by atoms with Crippen LogP contribution in [0.3, 0.4) is 0 Å². The molecular formula is C16H17ClN2. The molecule has 3 rings (SSSR count). The number of fused-ring (bicyclic) bond motifs is 1. The predicted molar refractivity (Wildman–Crippen MR) is 81.7 cm³/mol. The number of aryl methyl sites for hydroxylation is 1. The quantitative estimate of drug-likeness (QED) is 0.814. The van der Waals surface area contributed by atoms with Crippen molar-refractivity contribution in [3.05, 3.63) is 58.6 Å². The molecule has 2 nitrogen and oxygen atoms in total. The van der Waals surface area contributed by atoms with Gasteiger partial charge in [0.1, 0.15) is 0 Å². The minimum absolute atomic E-state index is 0.427. The van der Waals surface area contributed by atoms with Crippen LogP contribution in [0.15, 0.2) is 42.5 Å². The Labute approximate surface area is 118 Å². The van der Waals surface area contributed by atoms with Crippen LogP contribution in [0.1, 0.15) is 17.5 Å². The Morgan fingerprint density at radius 2 is 1.89 bits per heavy atom. The van der Waals surface area contributed by atoms with Crippen molar-refractivity contribution in [2.24, 2.45) is 0 Å². The molecule has 0 bridgehead atoms. The van der Waals surface area contributed by atoms with Gasteiger partial charge in [-0.05, 0) is 48.6 Å². The van der Waals surface area contributed by atoms with Crippen LogP contribution >= 0.6 is 11.6 Å². The molecule has 0 aliphatic heterocycles. The summed E-state index contributed by atoms with van der Waals surface area (Å²) in [5, 5.41) is 4.24. The number of hydrogen-bond donors (Lipinski definition) is 2. The molecule has 0 saturated carbocycles. The molecule has 98 valence electrons. The summed E-state index contributed by atoms with van der Waals surface area (Å²) in [6.07, 6.45) is 3.29. The average Bonchev–Trinajstić information content (AvgIpc) is 2.43. The van der Waals surface area contributed by atoms with E-state index >= 15 is 0 Å². The molecule has 0 amide bonds. The molecule has 2 aromatic carbocycles. The van der Waals surface area contributed by atoms with E-state index in [2.05, 4.69) is 29.6 Å². The monoisotopic (exact) mass is 272 g/mol. The largest absolute Gasteiger partial charge is 0.397 e. The smallest absolute Gasteiger partial charge is 0.0591 e. The first-order valence-electron chi connectivity index (χ1n) is 6.61. The molecule has 1 atom stereocenters. The van der Waals surface area contributed by atoms with Crippen LogP contribution in [-0.4, -0.2) is 6.04 Å². The number of nitrogens with two attached hydrogens (primary N) is 1. The first kappa shape index (κ1) is 12.4. The molecule has 3 N–H and O–H groups in total. The second-order valence-corrected chi connectivity index (χ2v) is 5.52. The van der Waals surface area contributed by atoms with Crippen LogP contribution in [0.4, 0.5) is 11.4 Å². The van der Waals surface area contributed by atoms with Gasteiger partial charge in [0.15, 0.2) is 0 Å². The Morgan fingerprint density at radius 1 is 1.11 bits per heavy atom. The van der Waals surface area contributed by atoms with Crippen molar-refractivity contribution in [1.82, 2.24) is 0 Å². The zero-order chi connectivity index (χ0) is 13.2. The number of nitrogen functional groups attached to an aromatic ring is 1. The molecule has 0 heterocycles. The molecule has 1 aliphatic rings. The van der Waals surface area contributed by atoms with E-state index in [1.807, 2.05) is 18.2 Å². The number of nitrogens with one attached hydrogen (secondary N) is 1. The normalized spacial score (nSPS) is 17.8. The van der Waals surface area contributed by atoms with Gasteiger partial charge >= 0.3 is 0 Å². The lowest BCUT2D eigenvalue weighted by Crippen LogP contribution is -2.27. The van der Waals surface area contributed by atoms with Gasteiger partial charge in [0.25, 0.3) is 0 Å². The molecular weight excluding hydrogens is 256 g/mol. The van der Waals surface area contributed by atoms with E-state index in [0.717, 1.165) is 30.6 Å². The van der Waals surface area contributed by atoms with Gasteiger partial charge in [-0.1, -0.05) is 35.9 Å². The van der Waals surface area contributed by atoms with E-state index < -0.39 is 0 Å². The third-order valence-corrected chi connectivity index (χ3v) is 3.96. The van der Waals surface area contributed by atoms with Crippen molar-refractivity contribution in [1.29, 1.82) is 0 Å². The highest BCUT2D eigenvalue weighted by Gasteiger charge is 2.18. The van der Waals surface area contributed by atoms with E-state index in [1.165, 1.54) is 11.1 Å². The molecule has 1 aliphatic carbocycles. The van der Waals surface area contributed by atoms with Gasteiger partial charge in [0.05, 0.1) is 11.4 Å². The summed E-state index contributed by atoms with van der Waals surface area (Å²) in [6.45, 7) is 0. The lowest BCUT2D eigenvalue weighted by atomic mass is 9.88. The lowest BCUT2D eigenvalue weighted by Gasteiger charge is -2.27. The summed E-state index contributed by atoms with van der Waals surface area (Å²) in [7, 11) is 0. The van der Waals surface area contributed by atoms with Crippen LogP contribution in [0.5, 0.6) is 0 Å². The molecule has 19 heavy (non-hydrogen) atoms. The first-order valence-corrected chi connectivity index (χ1v) is 6.98. The zero-order valence-corrected chi connectivity index (χ0v) is 11.5. The van der Waals surface area contributed by atoms with Gasteiger partial charge in [-0.3, -0.25) is 0 Å². The maximum atomic E-state index is 6.02. The summed E-state index contributed by atoms with van der Waals surface area (Å²) in [6, 6.07) is 14.6. The lowest BCUT2D eigenvalue weighted by molar-refractivity contribution is 0.611. The van der Waals surface area contributed by atoms with Crippen molar-refractivity contribution in [3.8, 4) is 0 Å². The zero-order valence-electron chi connectivity index (χ0n) is 10.7. The molecule has 2 aromatic rings. The van der Waals surface area contributed by atoms with Crippen molar-refractivity contribution >= 4 is 23.0 Å². The van der Waals surface area contributed by atoms with E-state index in [9.17, 15) is 0 Å². The van der Waals surface area contributed by atoms with Crippen LogP contribution < -0.4 is 11.1 Å². The number of halogens is 1. The fraction of sp³-hybridized carbons (Fsp3) is 0.250.